The molecule has 1 aromatic heterocycles. The van der Waals surface area contributed by atoms with Crippen LogP contribution >= 0.6 is 0 Å². The van der Waals surface area contributed by atoms with Gasteiger partial charge in [-0.05, 0) is 109 Å². The molecule has 0 aromatic carbocycles. The van der Waals surface area contributed by atoms with Crippen LogP contribution in [0.2, 0.25) is 0 Å². The van der Waals surface area contributed by atoms with E-state index in [0.717, 1.165) is 12.3 Å². The van der Waals surface area contributed by atoms with Crippen molar-refractivity contribution in [3.8, 4) is 0 Å². The standard InChI is InChI=1S/C13H23NO.C11H25N/c1-12(2,3)14(13(4,5)6)10-11-8-7-9-15-11;1-9(2)12(10(3,4)5)11(6,7)8/h7-9H,10H2,1-6H3;9H,1-8H3. The minimum Gasteiger partial charge on any atom is -0.468 e. The lowest BCUT2D eigenvalue weighted by Gasteiger charge is -2.48. The third-order valence-electron chi connectivity index (χ3n) is 4.48. The SMILES string of the molecule is CC(C)(C)N(Cc1ccco1)C(C)(C)C.CC(C)N(C(C)(C)C)C(C)(C)C. The molecule has 160 valence electrons. The van der Waals surface area contributed by atoms with Crippen LogP contribution in [0.15, 0.2) is 22.8 Å². The third-order valence-corrected chi connectivity index (χ3v) is 4.48. The van der Waals surface area contributed by atoms with E-state index >= 15 is 0 Å². The van der Waals surface area contributed by atoms with Gasteiger partial charge in [0.25, 0.3) is 0 Å². The maximum Gasteiger partial charge on any atom is 0.117 e. The van der Waals surface area contributed by atoms with Crippen LogP contribution < -0.4 is 0 Å². The fourth-order valence-electron chi connectivity index (χ4n) is 4.59. The van der Waals surface area contributed by atoms with Gasteiger partial charge in [-0.25, -0.2) is 0 Å². The highest BCUT2D eigenvalue weighted by atomic mass is 16.3. The largest absolute Gasteiger partial charge is 0.468 e. The van der Waals surface area contributed by atoms with Gasteiger partial charge in [-0.2, -0.15) is 0 Å². The molecule has 3 heteroatoms. The van der Waals surface area contributed by atoms with Gasteiger partial charge in [-0.15, -0.1) is 0 Å². The zero-order chi connectivity index (χ0) is 21.8. The molecule has 0 atom stereocenters. The first-order chi connectivity index (χ1) is 11.8. The Morgan fingerprint density at radius 3 is 1.33 bits per heavy atom. The summed E-state index contributed by atoms with van der Waals surface area (Å²) < 4.78 is 5.41. The second-order valence-corrected chi connectivity index (χ2v) is 11.8. The van der Waals surface area contributed by atoms with Gasteiger partial charge in [-0.1, -0.05) is 0 Å². The average molecular weight is 381 g/mol. The Balaban J connectivity index is 0.000000516. The maximum atomic E-state index is 5.41. The molecule has 0 amide bonds. The van der Waals surface area contributed by atoms with Crippen LogP contribution in [0.25, 0.3) is 0 Å². The first-order valence-electron chi connectivity index (χ1n) is 10.4. The van der Waals surface area contributed by atoms with Crippen molar-refractivity contribution in [2.75, 3.05) is 0 Å². The molecule has 1 heterocycles. The Bertz CT molecular complexity index is 489. The maximum absolute atomic E-state index is 5.41. The summed E-state index contributed by atoms with van der Waals surface area (Å²) in [7, 11) is 0. The highest BCUT2D eigenvalue weighted by Gasteiger charge is 2.33. The van der Waals surface area contributed by atoms with E-state index < -0.39 is 0 Å². The summed E-state index contributed by atoms with van der Waals surface area (Å²) in [5, 5.41) is 0. The van der Waals surface area contributed by atoms with E-state index in [4.69, 9.17) is 4.42 Å². The van der Waals surface area contributed by atoms with Crippen LogP contribution in [0, 0.1) is 0 Å². The lowest BCUT2D eigenvalue weighted by atomic mass is 9.94. The molecular weight excluding hydrogens is 332 g/mol. The zero-order valence-corrected chi connectivity index (χ0v) is 20.8. The quantitative estimate of drug-likeness (QED) is 0.564. The number of nitrogens with zero attached hydrogens (tertiary/aromatic N) is 2. The molecule has 27 heavy (non-hydrogen) atoms. The van der Waals surface area contributed by atoms with Crippen molar-refractivity contribution >= 4 is 0 Å². The number of furan rings is 1. The number of hydrogen-bond donors (Lipinski definition) is 0. The molecule has 0 saturated carbocycles. The molecule has 0 bridgehead atoms. The van der Waals surface area contributed by atoms with E-state index in [0.29, 0.717) is 6.04 Å². The second kappa shape index (κ2) is 9.13. The molecule has 0 radical (unpaired) electrons. The van der Waals surface area contributed by atoms with Crippen LogP contribution in [0.4, 0.5) is 0 Å². The van der Waals surface area contributed by atoms with Crippen molar-refractivity contribution in [3.05, 3.63) is 24.2 Å². The Morgan fingerprint density at radius 1 is 0.741 bits per heavy atom. The normalized spacial score (nSPS) is 14.0. The molecule has 0 N–H and O–H groups in total. The lowest BCUT2D eigenvalue weighted by molar-refractivity contribution is 0.00805. The van der Waals surface area contributed by atoms with E-state index in [1.807, 2.05) is 12.1 Å². The summed E-state index contributed by atoms with van der Waals surface area (Å²) in [5.41, 5.74) is 0.801. The monoisotopic (exact) mass is 380 g/mol. The van der Waals surface area contributed by atoms with E-state index in [1.165, 1.54) is 0 Å². The summed E-state index contributed by atoms with van der Waals surface area (Å²) in [6.07, 6.45) is 1.73. The van der Waals surface area contributed by atoms with Crippen LogP contribution in [0.1, 0.15) is 103 Å². The lowest BCUT2D eigenvalue weighted by Crippen LogP contribution is -2.55. The Kier molecular flexibility index (Phi) is 8.86. The van der Waals surface area contributed by atoms with E-state index in [-0.39, 0.29) is 22.2 Å². The van der Waals surface area contributed by atoms with Crippen molar-refractivity contribution in [2.24, 2.45) is 0 Å². The molecular formula is C24H48N2O. The molecule has 0 saturated heterocycles. The Hall–Kier alpha value is -0.800. The second-order valence-electron chi connectivity index (χ2n) is 11.8. The van der Waals surface area contributed by atoms with E-state index in [1.54, 1.807) is 6.26 Å². The summed E-state index contributed by atoms with van der Waals surface area (Å²) in [4.78, 5) is 4.98. The van der Waals surface area contributed by atoms with E-state index in [2.05, 4.69) is 107 Å². The van der Waals surface area contributed by atoms with Crippen molar-refractivity contribution in [2.45, 2.75) is 132 Å². The van der Waals surface area contributed by atoms with Crippen molar-refractivity contribution < 1.29 is 4.42 Å². The molecule has 1 aromatic rings. The van der Waals surface area contributed by atoms with Crippen LogP contribution in [0.5, 0.6) is 0 Å². The average Bonchev–Trinajstić information content (AvgIpc) is 2.81. The molecule has 0 aliphatic carbocycles. The molecule has 0 fully saturated rings. The first kappa shape index (κ1) is 26.2. The summed E-state index contributed by atoms with van der Waals surface area (Å²) >= 11 is 0. The Labute approximate surface area is 170 Å². The van der Waals surface area contributed by atoms with Gasteiger partial charge in [0.05, 0.1) is 12.8 Å². The fraction of sp³-hybridized carbons (Fsp3) is 0.833. The van der Waals surface area contributed by atoms with Gasteiger partial charge in [-0.3, -0.25) is 9.80 Å². The highest BCUT2D eigenvalue weighted by molar-refractivity contribution is 5.01. The zero-order valence-electron chi connectivity index (χ0n) is 20.8. The van der Waals surface area contributed by atoms with Crippen LogP contribution in [-0.2, 0) is 6.54 Å². The summed E-state index contributed by atoms with van der Waals surface area (Å²) in [5.74, 6) is 1.03. The minimum absolute atomic E-state index is 0.144. The molecule has 3 nitrogen and oxygen atoms in total. The van der Waals surface area contributed by atoms with Crippen molar-refractivity contribution in [3.63, 3.8) is 0 Å². The molecule has 0 aliphatic heterocycles. The van der Waals surface area contributed by atoms with Gasteiger partial charge in [0.15, 0.2) is 0 Å². The number of hydrogen-bond acceptors (Lipinski definition) is 3. The third kappa shape index (κ3) is 9.30. The van der Waals surface area contributed by atoms with Gasteiger partial charge in [0.1, 0.15) is 5.76 Å². The summed E-state index contributed by atoms with van der Waals surface area (Å²) in [6.45, 7) is 32.5. The number of rotatable bonds is 3. The van der Waals surface area contributed by atoms with Gasteiger partial charge >= 0.3 is 0 Å². The van der Waals surface area contributed by atoms with Crippen LogP contribution in [0.3, 0.4) is 0 Å². The van der Waals surface area contributed by atoms with Crippen molar-refractivity contribution in [1.82, 2.24) is 9.80 Å². The van der Waals surface area contributed by atoms with Crippen molar-refractivity contribution in [1.29, 1.82) is 0 Å². The molecule has 0 aliphatic rings. The predicted molar refractivity (Wildman–Crippen MR) is 120 cm³/mol. The Morgan fingerprint density at radius 2 is 1.15 bits per heavy atom. The van der Waals surface area contributed by atoms with Gasteiger partial charge in [0.2, 0.25) is 0 Å². The van der Waals surface area contributed by atoms with Gasteiger partial charge < -0.3 is 4.42 Å². The smallest absolute Gasteiger partial charge is 0.117 e. The topological polar surface area (TPSA) is 19.6 Å². The first-order valence-corrected chi connectivity index (χ1v) is 10.4. The van der Waals surface area contributed by atoms with Gasteiger partial charge in [0, 0.05) is 28.2 Å². The van der Waals surface area contributed by atoms with E-state index in [9.17, 15) is 0 Å². The fourth-order valence-corrected chi connectivity index (χ4v) is 4.59. The highest BCUT2D eigenvalue weighted by Crippen LogP contribution is 2.28. The molecule has 1 rings (SSSR count). The van der Waals surface area contributed by atoms with Crippen LogP contribution in [-0.4, -0.2) is 38.0 Å². The summed E-state index contributed by atoms with van der Waals surface area (Å²) in [6, 6.07) is 4.58. The minimum atomic E-state index is 0.144. The molecule has 0 unspecified atom stereocenters. The molecule has 0 spiro atoms. The predicted octanol–water partition coefficient (Wildman–Crippen LogP) is 6.97.